The molecule has 0 bridgehead atoms. The number of ketones is 1. The van der Waals surface area contributed by atoms with E-state index in [0.717, 1.165) is 16.3 Å². The molecule has 2 aromatic carbocycles. The van der Waals surface area contributed by atoms with Crippen LogP contribution in [-0.4, -0.2) is 28.8 Å². The zero-order chi connectivity index (χ0) is 17.5. The molecule has 0 unspecified atom stereocenters. The van der Waals surface area contributed by atoms with Crippen LogP contribution in [0.15, 0.2) is 42.5 Å². The lowest BCUT2D eigenvalue weighted by atomic mass is 10.0. The molecule has 0 radical (unpaired) electrons. The molecule has 5 nitrogen and oxygen atoms in total. The molecule has 0 fully saturated rings. The maximum atomic E-state index is 12.1. The smallest absolute Gasteiger partial charge is 0.326 e. The first kappa shape index (κ1) is 17.7. The van der Waals surface area contributed by atoms with E-state index >= 15 is 0 Å². The predicted octanol–water partition coefficient (Wildman–Crippen LogP) is 2.71. The molecule has 126 valence electrons. The maximum Gasteiger partial charge on any atom is 0.326 e. The van der Waals surface area contributed by atoms with Gasteiger partial charge in [-0.3, -0.25) is 9.59 Å². The molecule has 0 aromatic heterocycles. The Morgan fingerprint density at radius 2 is 1.79 bits per heavy atom. The average molecular weight is 327 g/mol. The van der Waals surface area contributed by atoms with Crippen LogP contribution in [0.2, 0.25) is 0 Å². The first-order valence-corrected chi connectivity index (χ1v) is 8.01. The van der Waals surface area contributed by atoms with Crippen LogP contribution in [0.5, 0.6) is 0 Å². The maximum absolute atomic E-state index is 12.1. The third-order valence-electron chi connectivity index (χ3n) is 3.92. The predicted molar refractivity (Wildman–Crippen MR) is 91.8 cm³/mol. The molecule has 1 atom stereocenters. The van der Waals surface area contributed by atoms with Crippen LogP contribution in [-0.2, 0) is 20.8 Å². The van der Waals surface area contributed by atoms with E-state index in [2.05, 4.69) is 5.32 Å². The Morgan fingerprint density at radius 3 is 2.46 bits per heavy atom. The standard InChI is InChI=1S/C19H21NO4/c1-2-16(21)9-10-17(19(23)24)20-18(22)12-13-7-8-14-5-3-4-6-15(14)11-13/h3-8,11,17H,2,9-10,12H2,1H3,(H,20,22)(H,23,24)/t17-/m1/s1. The Hall–Kier alpha value is -2.69. The highest BCUT2D eigenvalue weighted by Crippen LogP contribution is 2.16. The topological polar surface area (TPSA) is 83.5 Å². The van der Waals surface area contributed by atoms with Crippen LogP contribution in [0.1, 0.15) is 31.7 Å². The van der Waals surface area contributed by atoms with Crippen LogP contribution in [0.3, 0.4) is 0 Å². The quantitative estimate of drug-likeness (QED) is 0.781. The van der Waals surface area contributed by atoms with Crippen molar-refractivity contribution < 1.29 is 19.5 Å². The number of carbonyl (C=O) groups excluding carboxylic acids is 2. The molecular weight excluding hydrogens is 306 g/mol. The minimum absolute atomic E-state index is 0.00923. The van der Waals surface area contributed by atoms with Gasteiger partial charge in [-0.05, 0) is 22.8 Å². The molecule has 0 aliphatic carbocycles. The number of fused-ring (bicyclic) bond motifs is 1. The van der Waals surface area contributed by atoms with Crippen LogP contribution in [0.4, 0.5) is 0 Å². The molecular formula is C19H21NO4. The van der Waals surface area contributed by atoms with Gasteiger partial charge in [-0.25, -0.2) is 4.79 Å². The third kappa shape index (κ3) is 4.91. The number of aliphatic carboxylic acids is 1. The summed E-state index contributed by atoms with van der Waals surface area (Å²) in [5.74, 6) is -1.49. The van der Waals surface area contributed by atoms with Gasteiger partial charge in [0.25, 0.3) is 0 Å². The Kier molecular flexibility index (Phi) is 6.07. The van der Waals surface area contributed by atoms with E-state index < -0.39 is 12.0 Å². The SMILES string of the molecule is CCC(=O)CC[C@@H](NC(=O)Cc1ccc2ccccc2c1)C(=O)O. The highest BCUT2D eigenvalue weighted by Gasteiger charge is 2.20. The van der Waals surface area contributed by atoms with Crippen molar-refractivity contribution in [3.05, 3.63) is 48.0 Å². The summed E-state index contributed by atoms with van der Waals surface area (Å²) in [5.41, 5.74) is 0.819. The number of carboxylic acids is 1. The van der Waals surface area contributed by atoms with Gasteiger partial charge in [0, 0.05) is 12.8 Å². The van der Waals surface area contributed by atoms with E-state index in [9.17, 15) is 19.5 Å². The summed E-state index contributed by atoms with van der Waals surface area (Å²) in [7, 11) is 0. The normalized spacial score (nSPS) is 11.9. The second-order valence-corrected chi connectivity index (χ2v) is 5.75. The number of hydrogen-bond donors (Lipinski definition) is 2. The summed E-state index contributed by atoms with van der Waals surface area (Å²) in [4.78, 5) is 34.7. The van der Waals surface area contributed by atoms with E-state index in [4.69, 9.17) is 0 Å². The molecule has 0 aliphatic heterocycles. The zero-order valence-corrected chi connectivity index (χ0v) is 13.6. The summed E-state index contributed by atoms with van der Waals surface area (Å²) in [6.07, 6.45) is 0.753. The first-order chi connectivity index (χ1) is 11.5. The minimum Gasteiger partial charge on any atom is -0.480 e. The Bertz CT molecular complexity index is 754. The van der Waals surface area contributed by atoms with Gasteiger partial charge in [0.1, 0.15) is 11.8 Å². The van der Waals surface area contributed by atoms with Gasteiger partial charge in [-0.2, -0.15) is 0 Å². The largest absolute Gasteiger partial charge is 0.480 e. The molecule has 2 rings (SSSR count). The molecule has 0 saturated heterocycles. The number of nitrogens with one attached hydrogen (secondary N) is 1. The molecule has 0 aliphatic rings. The summed E-state index contributed by atoms with van der Waals surface area (Å²) in [6.45, 7) is 1.73. The zero-order valence-electron chi connectivity index (χ0n) is 13.6. The van der Waals surface area contributed by atoms with E-state index in [1.54, 1.807) is 6.92 Å². The van der Waals surface area contributed by atoms with Crippen molar-refractivity contribution in [1.29, 1.82) is 0 Å². The number of carboxylic acid groups (broad SMARTS) is 1. The van der Waals surface area contributed by atoms with Crippen LogP contribution in [0.25, 0.3) is 10.8 Å². The monoisotopic (exact) mass is 327 g/mol. The number of carbonyl (C=O) groups is 3. The highest BCUT2D eigenvalue weighted by atomic mass is 16.4. The van der Waals surface area contributed by atoms with Crippen molar-refractivity contribution >= 4 is 28.4 Å². The second kappa shape index (κ2) is 8.24. The molecule has 2 N–H and O–H groups in total. The number of Topliss-reactive ketones (excluding diaryl/α,β-unsaturated/α-hetero) is 1. The average Bonchev–Trinajstić information content (AvgIpc) is 2.57. The lowest BCUT2D eigenvalue weighted by Crippen LogP contribution is -2.41. The van der Waals surface area contributed by atoms with Gasteiger partial charge in [0.15, 0.2) is 0 Å². The Labute approximate surface area is 140 Å². The molecule has 0 saturated carbocycles. The minimum atomic E-state index is -1.12. The molecule has 2 aromatic rings. The fraction of sp³-hybridized carbons (Fsp3) is 0.316. The summed E-state index contributed by atoms with van der Waals surface area (Å²) >= 11 is 0. The number of amides is 1. The number of rotatable bonds is 8. The van der Waals surface area contributed by atoms with Gasteiger partial charge in [0.05, 0.1) is 6.42 Å². The van der Waals surface area contributed by atoms with Crippen LogP contribution >= 0.6 is 0 Å². The summed E-state index contributed by atoms with van der Waals surface area (Å²) < 4.78 is 0. The second-order valence-electron chi connectivity index (χ2n) is 5.75. The lowest BCUT2D eigenvalue weighted by Gasteiger charge is -2.14. The van der Waals surface area contributed by atoms with E-state index in [0.29, 0.717) is 6.42 Å². The van der Waals surface area contributed by atoms with Crippen LogP contribution < -0.4 is 5.32 Å². The summed E-state index contributed by atoms with van der Waals surface area (Å²) in [6, 6.07) is 12.5. The van der Waals surface area contributed by atoms with Crippen molar-refractivity contribution in [2.45, 2.75) is 38.6 Å². The molecule has 1 amide bonds. The third-order valence-corrected chi connectivity index (χ3v) is 3.92. The molecule has 5 heteroatoms. The van der Waals surface area contributed by atoms with Crippen molar-refractivity contribution in [2.75, 3.05) is 0 Å². The fourth-order valence-electron chi connectivity index (χ4n) is 2.52. The van der Waals surface area contributed by atoms with Crippen molar-refractivity contribution in [1.82, 2.24) is 5.32 Å². The van der Waals surface area contributed by atoms with E-state index in [1.165, 1.54) is 0 Å². The van der Waals surface area contributed by atoms with E-state index in [-0.39, 0.29) is 31.0 Å². The molecule has 0 spiro atoms. The van der Waals surface area contributed by atoms with E-state index in [1.807, 2.05) is 42.5 Å². The Balaban J connectivity index is 1.98. The van der Waals surface area contributed by atoms with Gasteiger partial charge in [-0.15, -0.1) is 0 Å². The fourth-order valence-corrected chi connectivity index (χ4v) is 2.52. The van der Waals surface area contributed by atoms with Gasteiger partial charge in [-0.1, -0.05) is 49.4 Å². The number of hydrogen-bond acceptors (Lipinski definition) is 3. The summed E-state index contributed by atoms with van der Waals surface area (Å²) in [5, 5.41) is 13.8. The number of benzene rings is 2. The van der Waals surface area contributed by atoms with Gasteiger partial charge < -0.3 is 10.4 Å². The van der Waals surface area contributed by atoms with Gasteiger partial charge >= 0.3 is 5.97 Å². The highest BCUT2D eigenvalue weighted by molar-refractivity contribution is 5.88. The van der Waals surface area contributed by atoms with Crippen molar-refractivity contribution in [3.8, 4) is 0 Å². The first-order valence-electron chi connectivity index (χ1n) is 8.01. The lowest BCUT2D eigenvalue weighted by molar-refractivity contribution is -0.142. The molecule has 24 heavy (non-hydrogen) atoms. The Morgan fingerprint density at radius 1 is 1.08 bits per heavy atom. The van der Waals surface area contributed by atoms with Crippen molar-refractivity contribution in [2.24, 2.45) is 0 Å². The molecule has 0 heterocycles. The van der Waals surface area contributed by atoms with Crippen molar-refractivity contribution in [3.63, 3.8) is 0 Å². The van der Waals surface area contributed by atoms with Crippen LogP contribution in [0, 0.1) is 0 Å². The van der Waals surface area contributed by atoms with Gasteiger partial charge in [0.2, 0.25) is 5.91 Å².